The van der Waals surface area contributed by atoms with Gasteiger partial charge in [0.25, 0.3) is 5.91 Å². The standard InChI is InChI=1S/C18H17FN2O3/c1-2-11-23-16-9-5-3-7-14(16)12-20-21-18(22)13-24-17-10-6-4-8-15(17)19/h2-10,12H,1,11,13H2,(H,21,22)/b20-12-. The first kappa shape index (κ1) is 17.2. The molecular weight excluding hydrogens is 311 g/mol. The van der Waals surface area contributed by atoms with Crippen LogP contribution in [-0.2, 0) is 4.79 Å². The summed E-state index contributed by atoms with van der Waals surface area (Å²) in [5.41, 5.74) is 3.01. The lowest BCUT2D eigenvalue weighted by Crippen LogP contribution is -2.24. The molecule has 2 rings (SSSR count). The van der Waals surface area contributed by atoms with Crippen molar-refractivity contribution in [3.05, 3.63) is 72.6 Å². The average molecular weight is 328 g/mol. The van der Waals surface area contributed by atoms with E-state index in [1.54, 1.807) is 30.3 Å². The molecule has 2 aromatic rings. The van der Waals surface area contributed by atoms with Crippen molar-refractivity contribution in [1.82, 2.24) is 5.43 Å². The third kappa shape index (κ3) is 5.24. The second-order valence-corrected chi connectivity index (χ2v) is 4.65. The molecule has 2 aromatic carbocycles. The van der Waals surface area contributed by atoms with Crippen molar-refractivity contribution in [3.63, 3.8) is 0 Å². The molecule has 24 heavy (non-hydrogen) atoms. The number of hydrazone groups is 1. The van der Waals surface area contributed by atoms with E-state index in [0.717, 1.165) is 0 Å². The van der Waals surface area contributed by atoms with E-state index in [0.29, 0.717) is 17.9 Å². The van der Waals surface area contributed by atoms with Gasteiger partial charge in [0, 0.05) is 5.56 Å². The highest BCUT2D eigenvalue weighted by atomic mass is 19.1. The summed E-state index contributed by atoms with van der Waals surface area (Å²) in [4.78, 5) is 11.7. The molecule has 0 spiro atoms. The van der Waals surface area contributed by atoms with Crippen LogP contribution >= 0.6 is 0 Å². The summed E-state index contributed by atoms with van der Waals surface area (Å²) in [6.45, 7) is 3.61. The molecule has 1 N–H and O–H groups in total. The molecule has 0 unspecified atom stereocenters. The largest absolute Gasteiger partial charge is 0.489 e. The second kappa shape index (κ2) is 9.09. The van der Waals surface area contributed by atoms with E-state index >= 15 is 0 Å². The first-order valence-corrected chi connectivity index (χ1v) is 7.22. The summed E-state index contributed by atoms with van der Waals surface area (Å²) in [5.74, 6) is -0.390. The molecular formula is C18H17FN2O3. The normalized spacial score (nSPS) is 10.4. The number of hydrogen-bond acceptors (Lipinski definition) is 4. The third-order valence-corrected chi connectivity index (χ3v) is 2.86. The minimum Gasteiger partial charge on any atom is -0.489 e. The maximum Gasteiger partial charge on any atom is 0.277 e. The molecule has 6 heteroatoms. The Morgan fingerprint density at radius 3 is 2.58 bits per heavy atom. The highest BCUT2D eigenvalue weighted by Crippen LogP contribution is 2.16. The molecule has 0 fully saturated rings. The van der Waals surface area contributed by atoms with Crippen LogP contribution in [0.15, 0.2) is 66.3 Å². The Balaban J connectivity index is 1.86. The number of nitrogens with zero attached hydrogens (tertiary/aromatic N) is 1. The van der Waals surface area contributed by atoms with Gasteiger partial charge in [0.1, 0.15) is 12.4 Å². The van der Waals surface area contributed by atoms with E-state index in [2.05, 4.69) is 17.1 Å². The fraction of sp³-hybridized carbons (Fsp3) is 0.111. The minimum absolute atomic E-state index is 0.0137. The Kier molecular flexibility index (Phi) is 6.52. The van der Waals surface area contributed by atoms with E-state index in [1.165, 1.54) is 18.3 Å². The van der Waals surface area contributed by atoms with Gasteiger partial charge in [-0.2, -0.15) is 5.10 Å². The summed E-state index contributed by atoms with van der Waals surface area (Å²) in [7, 11) is 0. The van der Waals surface area contributed by atoms with Crippen LogP contribution in [0.4, 0.5) is 4.39 Å². The van der Waals surface area contributed by atoms with Crippen LogP contribution in [0.2, 0.25) is 0 Å². The predicted octanol–water partition coefficient (Wildman–Crippen LogP) is 2.92. The molecule has 0 aliphatic carbocycles. The molecule has 5 nitrogen and oxygen atoms in total. The lowest BCUT2D eigenvalue weighted by atomic mass is 10.2. The quantitative estimate of drug-likeness (QED) is 0.460. The summed E-state index contributed by atoms with van der Waals surface area (Å²) in [5, 5.41) is 3.84. The molecule has 0 bridgehead atoms. The molecule has 0 aliphatic rings. The number of halogens is 1. The topological polar surface area (TPSA) is 59.9 Å². The Bertz CT molecular complexity index is 732. The van der Waals surface area contributed by atoms with Crippen LogP contribution in [-0.4, -0.2) is 25.3 Å². The van der Waals surface area contributed by atoms with Crippen LogP contribution < -0.4 is 14.9 Å². The molecule has 0 atom stereocenters. The smallest absolute Gasteiger partial charge is 0.277 e. The average Bonchev–Trinajstić information content (AvgIpc) is 2.60. The number of ether oxygens (including phenoxy) is 2. The van der Waals surface area contributed by atoms with E-state index in [4.69, 9.17) is 9.47 Å². The molecule has 124 valence electrons. The number of para-hydroxylation sites is 2. The zero-order chi connectivity index (χ0) is 17.2. The van der Waals surface area contributed by atoms with E-state index in [-0.39, 0.29) is 12.4 Å². The van der Waals surface area contributed by atoms with Gasteiger partial charge in [-0.3, -0.25) is 4.79 Å². The van der Waals surface area contributed by atoms with Crippen molar-refractivity contribution in [1.29, 1.82) is 0 Å². The zero-order valence-electron chi connectivity index (χ0n) is 12.9. The summed E-state index contributed by atoms with van der Waals surface area (Å²) in [6, 6.07) is 13.1. The Labute approximate surface area is 139 Å². The minimum atomic E-state index is -0.526. The number of hydrogen-bond donors (Lipinski definition) is 1. The highest BCUT2D eigenvalue weighted by molar-refractivity contribution is 5.85. The van der Waals surface area contributed by atoms with Gasteiger partial charge in [-0.1, -0.05) is 36.9 Å². The lowest BCUT2D eigenvalue weighted by Gasteiger charge is -2.07. The number of carbonyl (C=O) groups is 1. The molecule has 0 saturated heterocycles. The Morgan fingerprint density at radius 1 is 1.12 bits per heavy atom. The summed E-state index contributed by atoms with van der Waals surface area (Å²) >= 11 is 0. The molecule has 0 aliphatic heterocycles. The summed E-state index contributed by atoms with van der Waals surface area (Å²) in [6.07, 6.45) is 3.09. The van der Waals surface area contributed by atoms with Gasteiger partial charge in [0.2, 0.25) is 0 Å². The molecule has 0 aromatic heterocycles. The lowest BCUT2D eigenvalue weighted by molar-refractivity contribution is -0.123. The van der Waals surface area contributed by atoms with Crippen molar-refractivity contribution in [2.45, 2.75) is 0 Å². The van der Waals surface area contributed by atoms with Crippen LogP contribution in [0.5, 0.6) is 11.5 Å². The van der Waals surface area contributed by atoms with E-state index in [9.17, 15) is 9.18 Å². The first-order chi connectivity index (χ1) is 11.7. The maximum absolute atomic E-state index is 13.4. The van der Waals surface area contributed by atoms with Crippen molar-refractivity contribution >= 4 is 12.1 Å². The zero-order valence-corrected chi connectivity index (χ0v) is 12.9. The predicted molar refractivity (Wildman–Crippen MR) is 89.8 cm³/mol. The Hall–Kier alpha value is -3.15. The third-order valence-electron chi connectivity index (χ3n) is 2.86. The number of benzene rings is 2. The second-order valence-electron chi connectivity index (χ2n) is 4.65. The fourth-order valence-electron chi connectivity index (χ4n) is 1.78. The van der Waals surface area contributed by atoms with Crippen LogP contribution in [0.3, 0.4) is 0 Å². The van der Waals surface area contributed by atoms with Gasteiger partial charge in [-0.25, -0.2) is 9.82 Å². The van der Waals surface area contributed by atoms with Gasteiger partial charge >= 0.3 is 0 Å². The molecule has 0 heterocycles. The van der Waals surface area contributed by atoms with Gasteiger partial charge in [-0.05, 0) is 24.3 Å². The van der Waals surface area contributed by atoms with Crippen LogP contribution in [0.1, 0.15) is 5.56 Å². The molecule has 1 amide bonds. The van der Waals surface area contributed by atoms with Crippen LogP contribution in [0.25, 0.3) is 0 Å². The van der Waals surface area contributed by atoms with Gasteiger partial charge in [-0.15, -0.1) is 0 Å². The van der Waals surface area contributed by atoms with Crippen molar-refractivity contribution in [2.75, 3.05) is 13.2 Å². The highest BCUT2D eigenvalue weighted by Gasteiger charge is 2.05. The SMILES string of the molecule is C=CCOc1ccccc1/C=N\NC(=O)COc1ccccc1F. The van der Waals surface area contributed by atoms with E-state index < -0.39 is 11.7 Å². The number of nitrogens with one attached hydrogen (secondary N) is 1. The number of amides is 1. The van der Waals surface area contributed by atoms with Crippen molar-refractivity contribution in [2.24, 2.45) is 5.10 Å². The van der Waals surface area contributed by atoms with Gasteiger partial charge in [0.05, 0.1) is 6.21 Å². The monoisotopic (exact) mass is 328 g/mol. The van der Waals surface area contributed by atoms with E-state index in [1.807, 2.05) is 12.1 Å². The first-order valence-electron chi connectivity index (χ1n) is 7.22. The number of carbonyl (C=O) groups excluding carboxylic acids is 1. The van der Waals surface area contributed by atoms with Gasteiger partial charge in [0.15, 0.2) is 18.2 Å². The molecule has 0 radical (unpaired) electrons. The van der Waals surface area contributed by atoms with Crippen molar-refractivity contribution in [3.8, 4) is 11.5 Å². The van der Waals surface area contributed by atoms with Crippen molar-refractivity contribution < 1.29 is 18.7 Å². The summed E-state index contributed by atoms with van der Waals surface area (Å²) < 4.78 is 23.9. The molecule has 0 saturated carbocycles. The maximum atomic E-state index is 13.4. The fourth-order valence-corrected chi connectivity index (χ4v) is 1.78. The van der Waals surface area contributed by atoms with Gasteiger partial charge < -0.3 is 9.47 Å². The number of rotatable bonds is 8. The van der Waals surface area contributed by atoms with Crippen LogP contribution in [0, 0.1) is 5.82 Å². The Morgan fingerprint density at radius 2 is 1.83 bits per heavy atom.